The molecule has 1 N–H and O–H groups in total. The van der Waals surface area contributed by atoms with Crippen LogP contribution in [0.3, 0.4) is 0 Å². The van der Waals surface area contributed by atoms with Crippen molar-refractivity contribution in [1.82, 2.24) is 14.2 Å². The van der Waals surface area contributed by atoms with Gasteiger partial charge in [-0.25, -0.2) is 8.42 Å². The van der Waals surface area contributed by atoms with Crippen LogP contribution in [0.5, 0.6) is 0 Å². The van der Waals surface area contributed by atoms with Gasteiger partial charge in [0, 0.05) is 56.5 Å². The molecule has 0 bridgehead atoms. The predicted octanol–water partition coefficient (Wildman–Crippen LogP) is 3.33. The molecule has 4 rings (SSSR count). The van der Waals surface area contributed by atoms with Gasteiger partial charge in [-0.3, -0.25) is 4.79 Å². The maximum absolute atomic E-state index is 13.1. The Labute approximate surface area is 194 Å². The molecule has 2 aromatic rings. The molecule has 2 saturated heterocycles. The normalized spacial score (nSPS) is 19.6. The van der Waals surface area contributed by atoms with Crippen molar-refractivity contribution in [3.63, 3.8) is 0 Å². The molecule has 3 heterocycles. The molecule has 32 heavy (non-hydrogen) atoms. The number of carbonyl (C=O) groups excluding carboxylic acids is 1. The summed E-state index contributed by atoms with van der Waals surface area (Å²) in [4.78, 5) is 13.2. The lowest BCUT2D eigenvalue weighted by Crippen LogP contribution is -2.44. The molecule has 0 atom stereocenters. The number of nitrogens with zero attached hydrogens (tertiary/aromatic N) is 2. The Morgan fingerprint density at radius 2 is 1.88 bits per heavy atom. The lowest BCUT2D eigenvalue weighted by atomic mass is 9.74. The first-order valence-electron chi connectivity index (χ1n) is 11.1. The Morgan fingerprint density at radius 3 is 2.56 bits per heavy atom. The topological polar surface area (TPSA) is 80.6 Å². The highest BCUT2D eigenvalue weighted by Crippen LogP contribution is 2.35. The SMILES string of the molecule is Cn1cc(S(=O)(=O)N2CCCCC2)cc1C(=O)NCC1(c2cccc(Cl)c2)CCOCC1. The second-order valence-electron chi connectivity index (χ2n) is 8.72. The first kappa shape index (κ1) is 23.3. The van der Waals surface area contributed by atoms with Gasteiger partial charge in [0.25, 0.3) is 5.91 Å². The number of hydrogen-bond acceptors (Lipinski definition) is 4. The summed E-state index contributed by atoms with van der Waals surface area (Å²) in [5, 5.41) is 3.71. The molecule has 1 aromatic heterocycles. The number of halogens is 1. The third-order valence-corrected chi connectivity index (χ3v) is 8.74. The van der Waals surface area contributed by atoms with E-state index in [4.69, 9.17) is 16.3 Å². The van der Waals surface area contributed by atoms with Crippen LogP contribution in [0.1, 0.15) is 48.2 Å². The molecule has 7 nitrogen and oxygen atoms in total. The molecule has 0 saturated carbocycles. The van der Waals surface area contributed by atoms with E-state index >= 15 is 0 Å². The maximum Gasteiger partial charge on any atom is 0.267 e. The number of ether oxygens (including phenoxy) is 1. The third-order valence-electron chi connectivity index (χ3n) is 6.64. The summed E-state index contributed by atoms with van der Waals surface area (Å²) in [7, 11) is -1.89. The van der Waals surface area contributed by atoms with Crippen molar-refractivity contribution < 1.29 is 17.9 Å². The Hall–Kier alpha value is -1.87. The summed E-state index contributed by atoms with van der Waals surface area (Å²) in [5.41, 5.74) is 1.13. The van der Waals surface area contributed by atoms with E-state index in [1.54, 1.807) is 11.6 Å². The summed E-state index contributed by atoms with van der Waals surface area (Å²) in [6.45, 7) is 2.72. The largest absolute Gasteiger partial charge is 0.381 e. The number of hydrogen-bond donors (Lipinski definition) is 1. The third kappa shape index (κ3) is 4.73. The van der Waals surface area contributed by atoms with Crippen molar-refractivity contribution in [2.45, 2.75) is 42.4 Å². The number of piperidine rings is 1. The zero-order valence-corrected chi connectivity index (χ0v) is 19.9. The van der Waals surface area contributed by atoms with Crippen LogP contribution in [0.4, 0.5) is 0 Å². The monoisotopic (exact) mass is 479 g/mol. The van der Waals surface area contributed by atoms with Crippen LogP contribution in [0.25, 0.3) is 0 Å². The number of amides is 1. The zero-order valence-electron chi connectivity index (χ0n) is 18.3. The first-order chi connectivity index (χ1) is 15.3. The van der Waals surface area contributed by atoms with Gasteiger partial charge in [-0.05, 0) is 49.4 Å². The number of nitrogens with one attached hydrogen (secondary N) is 1. The highest BCUT2D eigenvalue weighted by Gasteiger charge is 2.35. The molecule has 2 aliphatic heterocycles. The lowest BCUT2D eigenvalue weighted by molar-refractivity contribution is 0.0486. The van der Waals surface area contributed by atoms with E-state index in [-0.39, 0.29) is 16.2 Å². The fourth-order valence-corrected chi connectivity index (χ4v) is 6.42. The van der Waals surface area contributed by atoms with Crippen LogP contribution < -0.4 is 5.32 Å². The molecule has 0 radical (unpaired) electrons. The molecule has 174 valence electrons. The predicted molar refractivity (Wildman–Crippen MR) is 124 cm³/mol. The Balaban J connectivity index is 1.52. The maximum atomic E-state index is 13.1. The number of aryl methyl sites for hydroxylation is 1. The van der Waals surface area contributed by atoms with Gasteiger partial charge in [0.2, 0.25) is 10.0 Å². The van der Waals surface area contributed by atoms with Crippen LogP contribution in [-0.2, 0) is 27.2 Å². The van der Waals surface area contributed by atoms with E-state index in [2.05, 4.69) is 5.32 Å². The highest BCUT2D eigenvalue weighted by molar-refractivity contribution is 7.89. The molecule has 2 fully saturated rings. The second-order valence-corrected chi connectivity index (χ2v) is 11.1. The molecule has 0 spiro atoms. The Bertz CT molecular complexity index is 1070. The van der Waals surface area contributed by atoms with Crippen LogP contribution in [-0.4, -0.2) is 56.0 Å². The molecule has 1 amide bonds. The molecular formula is C23H30ClN3O4S. The number of carbonyl (C=O) groups is 1. The lowest BCUT2D eigenvalue weighted by Gasteiger charge is -2.38. The van der Waals surface area contributed by atoms with Crippen molar-refractivity contribution >= 4 is 27.5 Å². The van der Waals surface area contributed by atoms with E-state index in [1.807, 2.05) is 24.3 Å². The average molecular weight is 480 g/mol. The Kier molecular flexibility index (Phi) is 6.95. The molecule has 0 aliphatic carbocycles. The first-order valence-corrected chi connectivity index (χ1v) is 12.9. The summed E-state index contributed by atoms with van der Waals surface area (Å²) in [6, 6.07) is 9.23. The van der Waals surface area contributed by atoms with Gasteiger partial charge < -0.3 is 14.6 Å². The van der Waals surface area contributed by atoms with E-state index in [0.717, 1.165) is 37.7 Å². The van der Waals surface area contributed by atoms with Gasteiger partial charge in [-0.1, -0.05) is 30.2 Å². The van der Waals surface area contributed by atoms with Crippen molar-refractivity contribution in [3.05, 3.63) is 52.8 Å². The average Bonchev–Trinajstić information content (AvgIpc) is 3.21. The summed E-state index contributed by atoms with van der Waals surface area (Å²) >= 11 is 6.23. The Morgan fingerprint density at radius 1 is 1.16 bits per heavy atom. The van der Waals surface area contributed by atoms with Crippen molar-refractivity contribution in [1.29, 1.82) is 0 Å². The van der Waals surface area contributed by atoms with Crippen molar-refractivity contribution in [2.75, 3.05) is 32.8 Å². The minimum absolute atomic E-state index is 0.169. The number of aromatic nitrogens is 1. The minimum atomic E-state index is -3.59. The second kappa shape index (κ2) is 9.55. The standard InChI is InChI=1S/C23H30ClN3O4S/c1-26-16-20(32(29,30)27-10-3-2-4-11-27)15-21(26)22(28)25-17-23(8-12-31-13-9-23)18-6-5-7-19(24)14-18/h5-7,14-16H,2-4,8-13,17H2,1H3,(H,25,28). The van der Waals surface area contributed by atoms with Gasteiger partial charge in [0.15, 0.2) is 0 Å². The zero-order chi connectivity index (χ0) is 22.8. The van der Waals surface area contributed by atoms with Crippen molar-refractivity contribution in [3.8, 4) is 0 Å². The van der Waals surface area contributed by atoms with Gasteiger partial charge in [-0.15, -0.1) is 0 Å². The molecule has 1 aromatic carbocycles. The van der Waals surface area contributed by atoms with E-state index < -0.39 is 10.0 Å². The summed E-state index contributed by atoms with van der Waals surface area (Å²) < 4.78 is 34.7. The fourth-order valence-electron chi connectivity index (χ4n) is 4.64. The van der Waals surface area contributed by atoms with E-state index in [0.29, 0.717) is 43.6 Å². The van der Waals surface area contributed by atoms with Crippen LogP contribution in [0.15, 0.2) is 41.4 Å². The molecular weight excluding hydrogens is 450 g/mol. The quantitative estimate of drug-likeness (QED) is 0.689. The number of rotatable bonds is 6. The molecule has 9 heteroatoms. The number of sulfonamides is 1. The van der Waals surface area contributed by atoms with E-state index in [1.165, 1.54) is 16.6 Å². The van der Waals surface area contributed by atoms with Crippen LogP contribution in [0.2, 0.25) is 5.02 Å². The molecule has 0 unspecified atom stereocenters. The fraction of sp³-hybridized carbons (Fsp3) is 0.522. The van der Waals surface area contributed by atoms with Gasteiger partial charge in [-0.2, -0.15) is 4.31 Å². The van der Waals surface area contributed by atoms with Crippen LogP contribution in [0, 0.1) is 0 Å². The van der Waals surface area contributed by atoms with E-state index in [9.17, 15) is 13.2 Å². The minimum Gasteiger partial charge on any atom is -0.381 e. The van der Waals surface area contributed by atoms with Gasteiger partial charge in [0.05, 0.1) is 0 Å². The van der Waals surface area contributed by atoms with Crippen LogP contribution >= 0.6 is 11.6 Å². The highest BCUT2D eigenvalue weighted by atomic mass is 35.5. The number of benzene rings is 1. The summed E-state index contributed by atoms with van der Waals surface area (Å²) in [5.74, 6) is -0.291. The summed E-state index contributed by atoms with van der Waals surface area (Å²) in [6.07, 6.45) is 5.86. The van der Waals surface area contributed by atoms with Gasteiger partial charge in [0.1, 0.15) is 10.6 Å². The van der Waals surface area contributed by atoms with Gasteiger partial charge >= 0.3 is 0 Å². The van der Waals surface area contributed by atoms with Crippen molar-refractivity contribution in [2.24, 2.45) is 7.05 Å². The molecule has 2 aliphatic rings. The smallest absolute Gasteiger partial charge is 0.267 e.